The minimum absolute atomic E-state index is 0.213. The molecule has 0 unspecified atom stereocenters. The van der Waals surface area contributed by atoms with Crippen LogP contribution in [0, 0.1) is 0 Å². The van der Waals surface area contributed by atoms with Gasteiger partial charge in [-0.05, 0) is 42.0 Å². The molecule has 1 N–H and O–H groups in total. The second-order valence-electron chi connectivity index (χ2n) is 8.33. The van der Waals surface area contributed by atoms with Crippen LogP contribution in [0.2, 0.25) is 0 Å². The van der Waals surface area contributed by atoms with Crippen LogP contribution in [0.25, 0.3) is 17.1 Å². The Morgan fingerprint density at radius 2 is 1.95 bits per heavy atom. The standard InChI is InChI=1S/C27H22N6O4S2/c1-35-21-5-3-2-4-20(21)33-25(18-8-10-28-11-9-18)31-32-27(33)39-15-24-30-19(14-38-24)26(34)29-13-17-6-7-22-23(12-17)37-16-36-22/h2-12,14H,13,15-16H2,1H3,(H,29,34). The summed E-state index contributed by atoms with van der Waals surface area (Å²) in [5.41, 5.74) is 2.99. The van der Waals surface area contributed by atoms with E-state index < -0.39 is 0 Å². The van der Waals surface area contributed by atoms with Gasteiger partial charge >= 0.3 is 0 Å². The summed E-state index contributed by atoms with van der Waals surface area (Å²) in [7, 11) is 1.64. The van der Waals surface area contributed by atoms with Crippen LogP contribution < -0.4 is 19.5 Å². The zero-order chi connectivity index (χ0) is 26.6. The molecule has 196 valence electrons. The molecule has 4 heterocycles. The van der Waals surface area contributed by atoms with Crippen LogP contribution in [0.15, 0.2) is 77.5 Å². The number of ether oxygens (including phenoxy) is 3. The summed E-state index contributed by atoms with van der Waals surface area (Å²) in [6.45, 7) is 0.571. The number of carbonyl (C=O) groups is 1. The molecule has 10 nitrogen and oxygen atoms in total. The van der Waals surface area contributed by atoms with Crippen molar-refractivity contribution >= 4 is 29.0 Å². The molecular formula is C27H22N6O4S2. The predicted molar refractivity (Wildman–Crippen MR) is 147 cm³/mol. The maximum Gasteiger partial charge on any atom is 0.271 e. The van der Waals surface area contributed by atoms with E-state index in [1.165, 1.54) is 23.1 Å². The average molecular weight is 559 g/mol. The van der Waals surface area contributed by atoms with Crippen LogP contribution >= 0.6 is 23.1 Å². The van der Waals surface area contributed by atoms with Gasteiger partial charge in [0, 0.05) is 29.9 Å². The lowest BCUT2D eigenvalue weighted by atomic mass is 10.2. The van der Waals surface area contributed by atoms with Crippen molar-refractivity contribution in [3.63, 3.8) is 0 Å². The summed E-state index contributed by atoms with van der Waals surface area (Å²) in [6.07, 6.45) is 3.44. The normalized spacial score (nSPS) is 11.9. The molecule has 1 amide bonds. The van der Waals surface area contributed by atoms with Crippen molar-refractivity contribution in [3.05, 3.63) is 88.6 Å². The van der Waals surface area contributed by atoms with Crippen molar-refractivity contribution in [1.82, 2.24) is 30.0 Å². The largest absolute Gasteiger partial charge is 0.495 e. The van der Waals surface area contributed by atoms with Crippen LogP contribution in [-0.2, 0) is 12.3 Å². The Morgan fingerprint density at radius 1 is 1.10 bits per heavy atom. The molecule has 0 bridgehead atoms. The minimum Gasteiger partial charge on any atom is -0.495 e. The number of thioether (sulfide) groups is 1. The van der Waals surface area contributed by atoms with Crippen molar-refractivity contribution in [2.45, 2.75) is 17.5 Å². The molecule has 1 aliphatic rings. The summed E-state index contributed by atoms with van der Waals surface area (Å²) in [5, 5.41) is 15.1. The SMILES string of the molecule is COc1ccccc1-n1c(SCc2nc(C(=O)NCc3ccc4c(c3)OCO4)cs2)nnc1-c1ccncc1. The van der Waals surface area contributed by atoms with Crippen molar-refractivity contribution in [2.75, 3.05) is 13.9 Å². The number of pyridine rings is 1. The number of benzene rings is 2. The summed E-state index contributed by atoms with van der Waals surface area (Å²) in [4.78, 5) is 21.4. The number of hydrogen-bond acceptors (Lipinski definition) is 10. The summed E-state index contributed by atoms with van der Waals surface area (Å²) in [6, 6.07) is 17.1. The van der Waals surface area contributed by atoms with Crippen LogP contribution in [-0.4, -0.2) is 44.5 Å². The number of methoxy groups -OCH3 is 1. The van der Waals surface area contributed by atoms with E-state index in [4.69, 9.17) is 14.2 Å². The third-order valence-electron chi connectivity index (χ3n) is 5.90. The van der Waals surface area contributed by atoms with E-state index in [-0.39, 0.29) is 12.7 Å². The maximum atomic E-state index is 12.7. The number of nitrogens with one attached hydrogen (secondary N) is 1. The van der Waals surface area contributed by atoms with Crippen LogP contribution in [0.3, 0.4) is 0 Å². The van der Waals surface area contributed by atoms with Gasteiger partial charge in [-0.3, -0.25) is 14.3 Å². The molecule has 0 radical (unpaired) electrons. The number of rotatable bonds is 9. The van der Waals surface area contributed by atoms with E-state index in [0.717, 1.165) is 21.8 Å². The quantitative estimate of drug-likeness (QED) is 0.256. The molecule has 1 aliphatic heterocycles. The Morgan fingerprint density at radius 3 is 2.82 bits per heavy atom. The average Bonchev–Trinajstić information content (AvgIpc) is 3.74. The number of fused-ring (bicyclic) bond motifs is 1. The first-order valence-corrected chi connectivity index (χ1v) is 13.8. The van der Waals surface area contributed by atoms with Gasteiger partial charge in [0.2, 0.25) is 6.79 Å². The Labute approximate surface area is 232 Å². The van der Waals surface area contributed by atoms with Crippen LogP contribution in [0.1, 0.15) is 21.1 Å². The Kier molecular flexibility index (Phi) is 7.11. The zero-order valence-electron chi connectivity index (χ0n) is 20.7. The lowest BCUT2D eigenvalue weighted by Crippen LogP contribution is -2.23. The minimum atomic E-state index is -0.239. The molecule has 0 aliphatic carbocycles. The van der Waals surface area contributed by atoms with Crippen LogP contribution in [0.4, 0.5) is 0 Å². The second-order valence-corrected chi connectivity index (χ2v) is 10.2. The molecule has 12 heteroatoms. The number of thiazole rings is 1. The molecule has 39 heavy (non-hydrogen) atoms. The van der Waals surface area contributed by atoms with Gasteiger partial charge in [-0.2, -0.15) is 0 Å². The number of hydrogen-bond donors (Lipinski definition) is 1. The first-order valence-electron chi connectivity index (χ1n) is 11.9. The number of para-hydroxylation sites is 2. The molecule has 0 spiro atoms. The zero-order valence-corrected chi connectivity index (χ0v) is 22.4. The molecular weight excluding hydrogens is 536 g/mol. The van der Waals surface area contributed by atoms with Gasteiger partial charge in [0.1, 0.15) is 16.5 Å². The molecule has 2 aromatic carbocycles. The number of carbonyl (C=O) groups excluding carboxylic acids is 1. The molecule has 6 rings (SSSR count). The fourth-order valence-electron chi connectivity index (χ4n) is 4.01. The van der Waals surface area contributed by atoms with E-state index in [0.29, 0.717) is 46.2 Å². The molecule has 0 saturated heterocycles. The number of nitrogens with zero attached hydrogens (tertiary/aromatic N) is 5. The van der Waals surface area contributed by atoms with E-state index in [1.54, 1.807) is 24.9 Å². The monoisotopic (exact) mass is 558 g/mol. The van der Waals surface area contributed by atoms with Crippen molar-refractivity contribution in [3.8, 4) is 34.3 Å². The third kappa shape index (κ3) is 5.29. The maximum absolute atomic E-state index is 12.7. The second kappa shape index (κ2) is 11.1. The highest BCUT2D eigenvalue weighted by Crippen LogP contribution is 2.34. The summed E-state index contributed by atoms with van der Waals surface area (Å²) >= 11 is 2.91. The highest BCUT2D eigenvalue weighted by atomic mass is 32.2. The topological polar surface area (TPSA) is 113 Å². The van der Waals surface area contributed by atoms with Gasteiger partial charge in [0.15, 0.2) is 22.5 Å². The van der Waals surface area contributed by atoms with E-state index >= 15 is 0 Å². The van der Waals surface area contributed by atoms with Crippen molar-refractivity contribution in [1.29, 1.82) is 0 Å². The Balaban J connectivity index is 1.17. The predicted octanol–water partition coefficient (Wildman–Crippen LogP) is 4.75. The molecule has 0 saturated carbocycles. The lowest BCUT2D eigenvalue weighted by Gasteiger charge is -2.13. The molecule has 3 aromatic heterocycles. The highest BCUT2D eigenvalue weighted by Gasteiger charge is 2.20. The smallest absolute Gasteiger partial charge is 0.271 e. The van der Waals surface area contributed by atoms with Crippen LogP contribution in [0.5, 0.6) is 17.2 Å². The van der Waals surface area contributed by atoms with Crippen molar-refractivity contribution < 1.29 is 19.0 Å². The highest BCUT2D eigenvalue weighted by molar-refractivity contribution is 7.98. The molecule has 5 aromatic rings. The van der Waals surface area contributed by atoms with Gasteiger partial charge in [-0.1, -0.05) is 30.0 Å². The van der Waals surface area contributed by atoms with E-state index in [2.05, 4.69) is 25.5 Å². The van der Waals surface area contributed by atoms with Gasteiger partial charge in [-0.15, -0.1) is 21.5 Å². The number of aromatic nitrogens is 5. The van der Waals surface area contributed by atoms with E-state index in [1.807, 2.05) is 59.2 Å². The summed E-state index contributed by atoms with van der Waals surface area (Å²) in [5.74, 6) is 3.04. The van der Waals surface area contributed by atoms with Gasteiger partial charge in [0.05, 0.1) is 18.6 Å². The first kappa shape index (κ1) is 24.9. The van der Waals surface area contributed by atoms with Crippen molar-refractivity contribution in [2.24, 2.45) is 0 Å². The third-order valence-corrected chi connectivity index (χ3v) is 7.87. The van der Waals surface area contributed by atoms with Gasteiger partial charge in [-0.25, -0.2) is 4.98 Å². The van der Waals surface area contributed by atoms with Gasteiger partial charge in [0.25, 0.3) is 5.91 Å². The van der Waals surface area contributed by atoms with E-state index in [9.17, 15) is 4.79 Å². The fourth-order valence-corrected chi connectivity index (χ4v) is 5.75. The molecule has 0 atom stereocenters. The summed E-state index contributed by atoms with van der Waals surface area (Å²) < 4.78 is 18.3. The molecule has 0 fully saturated rings. The number of amides is 1. The Hall–Kier alpha value is -4.42. The van der Waals surface area contributed by atoms with Gasteiger partial charge < -0.3 is 19.5 Å². The lowest BCUT2D eigenvalue weighted by molar-refractivity contribution is 0.0946. The Bertz CT molecular complexity index is 1620. The first-order chi connectivity index (χ1) is 19.2. The fraction of sp³-hybridized carbons (Fsp3) is 0.148.